The van der Waals surface area contributed by atoms with Gasteiger partial charge in [-0.25, -0.2) is 0 Å². The van der Waals surface area contributed by atoms with Gasteiger partial charge in [0.2, 0.25) is 0 Å². The van der Waals surface area contributed by atoms with Gasteiger partial charge >= 0.3 is 21.7 Å². The van der Waals surface area contributed by atoms with Crippen LogP contribution in [0.25, 0.3) is 10.8 Å². The van der Waals surface area contributed by atoms with Crippen LogP contribution >= 0.6 is 0 Å². The summed E-state index contributed by atoms with van der Waals surface area (Å²) in [5.74, 6) is 1.25. The Hall–Kier alpha value is -0.856. The Morgan fingerprint density at radius 2 is 1.28 bits per heavy atom. The van der Waals surface area contributed by atoms with Gasteiger partial charge in [0.1, 0.15) is 5.75 Å². The van der Waals surface area contributed by atoms with Crippen LogP contribution in [0.15, 0.2) is 60.7 Å². The quantitative estimate of drug-likeness (QED) is 0.472. The zero-order chi connectivity index (χ0) is 16.1. The van der Waals surface area contributed by atoms with Crippen LogP contribution in [-0.2, 0) is 21.7 Å². The Kier molecular flexibility index (Phi) is 13.2. The molecule has 0 spiro atoms. The van der Waals surface area contributed by atoms with E-state index in [1.165, 1.54) is 10.8 Å². The largest absolute Gasteiger partial charge is 3.00 e. The summed E-state index contributed by atoms with van der Waals surface area (Å²) in [6, 6.07) is 20.7. The standard InChI is InChI=1S/C12H18O.C9H7.2ClH.Ti/c1-8(2)10-6-5-7-11(9(3)4)12(10)13;1-2-5-9-7-3-6-8(9)4-1;;;/h5-9,13H,1-4H3;1-7H;2*1H;/q;-1;;;+3/p-2. The van der Waals surface area contributed by atoms with Gasteiger partial charge in [-0.3, -0.25) is 0 Å². The summed E-state index contributed by atoms with van der Waals surface area (Å²) in [6.45, 7) is 8.39. The van der Waals surface area contributed by atoms with E-state index in [-0.39, 0.29) is 46.5 Å². The van der Waals surface area contributed by atoms with Crippen LogP contribution in [0.5, 0.6) is 5.75 Å². The molecular weight excluding hydrogens is 387 g/mol. The fourth-order valence-corrected chi connectivity index (χ4v) is 2.58. The van der Waals surface area contributed by atoms with Crippen molar-refractivity contribution in [2.45, 2.75) is 39.5 Å². The predicted octanol–water partition coefficient (Wildman–Crippen LogP) is 0.203. The third-order valence-electron chi connectivity index (χ3n) is 3.89. The smallest absolute Gasteiger partial charge is 1.00 e. The Balaban J connectivity index is 0. The van der Waals surface area contributed by atoms with Crippen molar-refractivity contribution in [3.8, 4) is 5.75 Å². The Bertz CT molecular complexity index is 679. The Labute approximate surface area is 178 Å². The molecule has 3 aromatic carbocycles. The van der Waals surface area contributed by atoms with Gasteiger partial charge in [-0.15, -0.1) is 29.7 Å². The first-order chi connectivity index (χ1) is 10.5. The molecule has 0 aliphatic rings. The molecule has 4 heteroatoms. The minimum atomic E-state index is 0. The second-order valence-electron chi connectivity index (χ2n) is 6.25. The third-order valence-corrected chi connectivity index (χ3v) is 3.89. The molecule has 0 saturated carbocycles. The molecule has 25 heavy (non-hydrogen) atoms. The van der Waals surface area contributed by atoms with Crippen molar-refractivity contribution in [1.29, 1.82) is 0 Å². The second-order valence-corrected chi connectivity index (χ2v) is 6.25. The van der Waals surface area contributed by atoms with Crippen molar-refractivity contribution in [3.63, 3.8) is 0 Å². The molecule has 1 N–H and O–H groups in total. The van der Waals surface area contributed by atoms with Crippen LogP contribution in [0.2, 0.25) is 0 Å². The number of halogens is 2. The van der Waals surface area contributed by atoms with Crippen LogP contribution in [-0.4, -0.2) is 5.11 Å². The van der Waals surface area contributed by atoms with Gasteiger partial charge in [-0.1, -0.05) is 52.0 Å². The summed E-state index contributed by atoms with van der Waals surface area (Å²) < 4.78 is 0. The van der Waals surface area contributed by atoms with E-state index >= 15 is 0 Å². The van der Waals surface area contributed by atoms with E-state index < -0.39 is 0 Å². The van der Waals surface area contributed by atoms with E-state index in [1.54, 1.807) is 0 Å². The molecule has 0 atom stereocenters. The number of benzene rings is 2. The van der Waals surface area contributed by atoms with Gasteiger partial charge < -0.3 is 29.9 Å². The van der Waals surface area contributed by atoms with Crippen molar-refractivity contribution in [1.82, 2.24) is 0 Å². The number of aromatic hydroxyl groups is 1. The zero-order valence-electron chi connectivity index (χ0n) is 15.1. The van der Waals surface area contributed by atoms with Gasteiger partial charge in [-0.05, 0) is 23.0 Å². The van der Waals surface area contributed by atoms with Crippen LogP contribution < -0.4 is 24.8 Å². The number of rotatable bonds is 2. The minimum Gasteiger partial charge on any atom is -1.00 e. The topological polar surface area (TPSA) is 20.2 Å². The summed E-state index contributed by atoms with van der Waals surface area (Å²) in [5, 5.41) is 12.6. The van der Waals surface area contributed by atoms with Crippen LogP contribution in [0.4, 0.5) is 0 Å². The third kappa shape index (κ3) is 7.11. The van der Waals surface area contributed by atoms with Gasteiger partial charge in [-0.2, -0.15) is 17.5 Å². The summed E-state index contributed by atoms with van der Waals surface area (Å²) in [6.07, 6.45) is 0. The maximum atomic E-state index is 9.93. The SMILES string of the molecule is CC(C)c1cccc(C(C)C)c1O.[Cl-].[Cl-].[Ti+3].c1ccc2[cH-]ccc2c1. The van der Waals surface area contributed by atoms with Crippen LogP contribution in [0.1, 0.15) is 50.7 Å². The molecule has 0 aromatic heterocycles. The maximum absolute atomic E-state index is 9.93. The minimum absolute atomic E-state index is 0. The van der Waals surface area contributed by atoms with E-state index in [2.05, 4.69) is 70.2 Å². The average molecular weight is 412 g/mol. The number of para-hydroxylation sites is 1. The van der Waals surface area contributed by atoms with Crippen molar-refractivity contribution >= 4 is 10.8 Å². The number of hydrogen-bond acceptors (Lipinski definition) is 1. The molecule has 0 amide bonds. The number of phenolic OH excluding ortho intramolecular Hbond substituents is 1. The molecule has 0 unspecified atom stereocenters. The number of phenols is 1. The van der Waals surface area contributed by atoms with Crippen molar-refractivity contribution in [3.05, 3.63) is 71.8 Å². The van der Waals surface area contributed by atoms with Crippen molar-refractivity contribution in [2.75, 3.05) is 0 Å². The maximum Gasteiger partial charge on any atom is 3.00 e. The summed E-state index contributed by atoms with van der Waals surface area (Å²) in [5.41, 5.74) is 2.09. The monoisotopic (exact) mass is 411 g/mol. The molecule has 0 bridgehead atoms. The molecule has 0 aliphatic carbocycles. The Morgan fingerprint density at radius 1 is 0.760 bits per heavy atom. The molecule has 3 rings (SSSR count). The van der Waals surface area contributed by atoms with Gasteiger partial charge in [0.15, 0.2) is 0 Å². The summed E-state index contributed by atoms with van der Waals surface area (Å²) >= 11 is 0. The van der Waals surface area contributed by atoms with E-state index in [0.29, 0.717) is 17.6 Å². The van der Waals surface area contributed by atoms with E-state index in [1.807, 2.05) is 18.2 Å². The Morgan fingerprint density at radius 3 is 1.76 bits per heavy atom. The molecular formula is C21H25Cl2OTi. The molecule has 1 nitrogen and oxygen atoms in total. The molecule has 0 saturated heterocycles. The number of hydrogen-bond donors (Lipinski definition) is 1. The molecule has 0 heterocycles. The summed E-state index contributed by atoms with van der Waals surface area (Å²) in [7, 11) is 0. The zero-order valence-corrected chi connectivity index (χ0v) is 18.2. The fourth-order valence-electron chi connectivity index (χ4n) is 2.58. The van der Waals surface area contributed by atoms with Crippen molar-refractivity contribution in [2.24, 2.45) is 0 Å². The van der Waals surface area contributed by atoms with Crippen molar-refractivity contribution < 1.29 is 51.6 Å². The van der Waals surface area contributed by atoms with Gasteiger partial charge in [0, 0.05) is 0 Å². The summed E-state index contributed by atoms with van der Waals surface area (Å²) in [4.78, 5) is 0. The molecule has 1 radical (unpaired) electrons. The molecule has 3 aromatic rings. The van der Waals surface area contributed by atoms with Gasteiger partial charge in [0.05, 0.1) is 0 Å². The number of fused-ring (bicyclic) bond motifs is 1. The van der Waals surface area contributed by atoms with E-state index in [9.17, 15) is 5.11 Å². The molecule has 0 aliphatic heterocycles. The first-order valence-electron chi connectivity index (χ1n) is 7.93. The molecule has 133 valence electrons. The second kappa shape index (κ2) is 12.5. The van der Waals surface area contributed by atoms with Crippen LogP contribution in [0.3, 0.4) is 0 Å². The van der Waals surface area contributed by atoms with E-state index in [0.717, 1.165) is 11.1 Å². The first kappa shape index (κ1) is 26.4. The normalized spacial score (nSPS) is 9.52. The average Bonchev–Trinajstić information content (AvgIpc) is 2.96. The fraction of sp³-hybridized carbons (Fsp3) is 0.286. The first-order valence-corrected chi connectivity index (χ1v) is 7.93. The molecule has 0 fully saturated rings. The van der Waals surface area contributed by atoms with E-state index in [4.69, 9.17) is 0 Å². The van der Waals surface area contributed by atoms with Crippen LogP contribution in [0, 0.1) is 0 Å². The van der Waals surface area contributed by atoms with Gasteiger partial charge in [0.25, 0.3) is 0 Å². The predicted molar refractivity (Wildman–Crippen MR) is 95.8 cm³/mol.